The van der Waals surface area contributed by atoms with Gasteiger partial charge < -0.3 is 14.7 Å². The Morgan fingerprint density at radius 2 is 1.93 bits per heavy atom. The van der Waals surface area contributed by atoms with Crippen molar-refractivity contribution < 1.29 is 13.6 Å². The second-order valence-corrected chi connectivity index (χ2v) is 6.52. The van der Waals surface area contributed by atoms with Crippen LogP contribution in [0.25, 0.3) is 22.2 Å². The molecule has 0 bridgehead atoms. The molecule has 0 saturated heterocycles. The van der Waals surface area contributed by atoms with E-state index in [-0.39, 0.29) is 18.3 Å². The Balaban J connectivity index is 1.53. The van der Waals surface area contributed by atoms with Crippen LogP contribution in [0.1, 0.15) is 23.8 Å². The lowest BCUT2D eigenvalue weighted by atomic mass is 10.0. The number of halogens is 1. The number of benzene rings is 2. The maximum absolute atomic E-state index is 13.3. The zero-order chi connectivity index (χ0) is 19.5. The Bertz CT molecular complexity index is 1120. The Labute approximate surface area is 160 Å². The highest BCUT2D eigenvalue weighted by Gasteiger charge is 2.15. The molecule has 0 aliphatic heterocycles. The van der Waals surface area contributed by atoms with Crippen LogP contribution in [0.4, 0.5) is 4.39 Å². The lowest BCUT2D eigenvalue weighted by Gasteiger charge is -2.06. The fourth-order valence-electron chi connectivity index (χ4n) is 3.23. The van der Waals surface area contributed by atoms with E-state index in [1.54, 1.807) is 19.1 Å². The number of aromatic nitrogens is 3. The molecule has 0 atom stereocenters. The fourth-order valence-corrected chi connectivity index (χ4v) is 3.23. The monoisotopic (exact) mass is 378 g/mol. The van der Waals surface area contributed by atoms with Gasteiger partial charge in [-0.1, -0.05) is 18.2 Å². The van der Waals surface area contributed by atoms with Crippen molar-refractivity contribution in [2.75, 3.05) is 0 Å². The van der Waals surface area contributed by atoms with E-state index in [1.165, 1.54) is 12.1 Å². The van der Waals surface area contributed by atoms with Gasteiger partial charge in [0.1, 0.15) is 5.82 Å². The zero-order valence-electron chi connectivity index (χ0n) is 15.3. The van der Waals surface area contributed by atoms with Gasteiger partial charge in [-0.15, -0.1) is 10.2 Å². The van der Waals surface area contributed by atoms with Crippen molar-refractivity contribution in [2.24, 2.45) is 0 Å². The van der Waals surface area contributed by atoms with Crippen molar-refractivity contribution >= 4 is 16.8 Å². The molecular formula is C21H19FN4O2. The van der Waals surface area contributed by atoms with Gasteiger partial charge in [0.15, 0.2) is 0 Å². The molecule has 4 aromatic rings. The summed E-state index contributed by atoms with van der Waals surface area (Å²) in [6.07, 6.45) is 0.856. The first kappa shape index (κ1) is 17.9. The lowest BCUT2D eigenvalue weighted by Crippen LogP contribution is -2.23. The number of aromatic amines is 1. The molecule has 0 fully saturated rings. The Kier molecular flexibility index (Phi) is 4.89. The third-order valence-electron chi connectivity index (χ3n) is 4.55. The van der Waals surface area contributed by atoms with Crippen molar-refractivity contribution in [3.05, 3.63) is 71.7 Å². The van der Waals surface area contributed by atoms with Gasteiger partial charge in [0.2, 0.25) is 17.7 Å². The second-order valence-electron chi connectivity index (χ2n) is 6.52. The molecule has 0 spiro atoms. The molecule has 7 heteroatoms. The highest BCUT2D eigenvalue weighted by atomic mass is 19.1. The average molecular weight is 378 g/mol. The number of carbonyl (C=O) groups excluding carboxylic acids is 1. The first-order chi connectivity index (χ1) is 13.6. The van der Waals surface area contributed by atoms with Crippen LogP contribution in [0.5, 0.6) is 0 Å². The van der Waals surface area contributed by atoms with Crippen LogP contribution >= 0.6 is 0 Å². The van der Waals surface area contributed by atoms with Crippen LogP contribution in [0.15, 0.2) is 52.9 Å². The number of carbonyl (C=O) groups is 1. The van der Waals surface area contributed by atoms with Gasteiger partial charge in [0, 0.05) is 29.9 Å². The van der Waals surface area contributed by atoms with E-state index >= 15 is 0 Å². The normalized spacial score (nSPS) is 11.1. The fraction of sp³-hybridized carbons (Fsp3) is 0.190. The van der Waals surface area contributed by atoms with E-state index in [0.717, 1.165) is 27.7 Å². The quantitative estimate of drug-likeness (QED) is 0.533. The highest BCUT2D eigenvalue weighted by molar-refractivity contribution is 5.91. The third-order valence-corrected chi connectivity index (χ3v) is 4.55. The van der Waals surface area contributed by atoms with Crippen molar-refractivity contribution in [3.8, 4) is 11.3 Å². The second kappa shape index (κ2) is 7.64. The molecule has 0 saturated carbocycles. The summed E-state index contributed by atoms with van der Waals surface area (Å²) < 4.78 is 18.6. The Morgan fingerprint density at radius 1 is 1.14 bits per heavy atom. The minimum atomic E-state index is -0.281. The Hall–Kier alpha value is -3.48. The largest absolute Gasteiger partial charge is 0.424 e. The summed E-state index contributed by atoms with van der Waals surface area (Å²) >= 11 is 0. The van der Waals surface area contributed by atoms with Crippen molar-refractivity contribution in [3.63, 3.8) is 0 Å². The number of hydrogen-bond donors (Lipinski definition) is 2. The molecule has 0 aliphatic carbocycles. The number of fused-ring (bicyclic) bond motifs is 1. The summed E-state index contributed by atoms with van der Waals surface area (Å²) in [6.45, 7) is 1.91. The molecule has 2 N–H and O–H groups in total. The van der Waals surface area contributed by atoms with Crippen LogP contribution in [0.2, 0.25) is 0 Å². The van der Waals surface area contributed by atoms with Crippen LogP contribution in [0, 0.1) is 12.7 Å². The smallest absolute Gasteiger partial charge is 0.235 e. The topological polar surface area (TPSA) is 83.8 Å². The van der Waals surface area contributed by atoms with Gasteiger partial charge >= 0.3 is 0 Å². The van der Waals surface area contributed by atoms with E-state index in [2.05, 4.69) is 20.5 Å². The van der Waals surface area contributed by atoms with E-state index < -0.39 is 0 Å². The minimum Gasteiger partial charge on any atom is -0.424 e. The van der Waals surface area contributed by atoms with Crippen LogP contribution < -0.4 is 5.32 Å². The molecule has 2 aromatic carbocycles. The molecule has 0 aliphatic rings. The molecular weight excluding hydrogens is 359 g/mol. The summed E-state index contributed by atoms with van der Waals surface area (Å²) in [4.78, 5) is 15.7. The van der Waals surface area contributed by atoms with Crippen molar-refractivity contribution in [1.82, 2.24) is 20.5 Å². The van der Waals surface area contributed by atoms with Crippen LogP contribution in [-0.2, 0) is 17.8 Å². The summed E-state index contributed by atoms with van der Waals surface area (Å²) in [7, 11) is 0. The number of aryl methyl sites for hydroxylation is 2. The number of nitrogens with zero attached hydrogens (tertiary/aromatic N) is 2. The van der Waals surface area contributed by atoms with Gasteiger partial charge in [-0.2, -0.15) is 0 Å². The number of rotatable bonds is 6. The lowest BCUT2D eigenvalue weighted by molar-refractivity contribution is -0.121. The molecule has 1 amide bonds. The maximum Gasteiger partial charge on any atom is 0.235 e. The highest BCUT2D eigenvalue weighted by Crippen LogP contribution is 2.31. The van der Waals surface area contributed by atoms with Gasteiger partial charge in [0.25, 0.3) is 0 Å². The van der Waals surface area contributed by atoms with Gasteiger partial charge in [0.05, 0.1) is 6.54 Å². The third kappa shape index (κ3) is 3.78. The first-order valence-electron chi connectivity index (χ1n) is 9.01. The summed E-state index contributed by atoms with van der Waals surface area (Å²) in [5.74, 6) is 0.458. The van der Waals surface area contributed by atoms with Gasteiger partial charge in [-0.25, -0.2) is 4.39 Å². The first-order valence-corrected chi connectivity index (χ1v) is 9.01. The molecule has 28 heavy (non-hydrogen) atoms. The van der Waals surface area contributed by atoms with Crippen LogP contribution in [0.3, 0.4) is 0 Å². The van der Waals surface area contributed by atoms with E-state index in [9.17, 15) is 9.18 Å². The van der Waals surface area contributed by atoms with Crippen molar-refractivity contribution in [2.45, 2.75) is 26.3 Å². The number of H-pyrrole nitrogens is 1. The number of nitrogens with one attached hydrogen (secondary N) is 2. The van der Waals surface area contributed by atoms with E-state index in [1.807, 2.05) is 24.3 Å². The number of hydrogen-bond acceptors (Lipinski definition) is 4. The molecule has 142 valence electrons. The average Bonchev–Trinajstić information content (AvgIpc) is 3.28. The Morgan fingerprint density at radius 3 is 2.68 bits per heavy atom. The maximum atomic E-state index is 13.3. The molecule has 2 heterocycles. The van der Waals surface area contributed by atoms with Crippen LogP contribution in [-0.4, -0.2) is 21.1 Å². The van der Waals surface area contributed by atoms with E-state index in [0.29, 0.717) is 24.6 Å². The summed E-state index contributed by atoms with van der Waals surface area (Å²) in [5, 5.41) is 11.5. The predicted molar refractivity (Wildman–Crippen MR) is 103 cm³/mol. The molecule has 0 unspecified atom stereocenters. The minimum absolute atomic E-state index is 0.105. The zero-order valence-corrected chi connectivity index (χ0v) is 15.3. The van der Waals surface area contributed by atoms with Crippen molar-refractivity contribution in [1.29, 1.82) is 0 Å². The standard InChI is InChI=1S/C21H19FN4O2/c1-13-25-26-20(28-13)12-23-19(27)11-10-17-16-4-2-3-5-18(16)24-21(17)14-6-8-15(22)9-7-14/h2-9,24H,10-12H2,1H3,(H,23,27). The predicted octanol–water partition coefficient (Wildman–Crippen LogP) is 3.91. The number of amides is 1. The molecule has 2 aromatic heterocycles. The molecule has 4 rings (SSSR count). The summed E-state index contributed by atoms with van der Waals surface area (Å²) in [6, 6.07) is 14.3. The SMILES string of the molecule is Cc1nnc(CNC(=O)CCc2c(-c3ccc(F)cc3)[nH]c3ccccc23)o1. The molecule has 0 radical (unpaired) electrons. The van der Waals surface area contributed by atoms with Gasteiger partial charge in [-0.3, -0.25) is 4.79 Å². The summed E-state index contributed by atoms with van der Waals surface area (Å²) in [5.41, 5.74) is 3.81. The molecule has 6 nitrogen and oxygen atoms in total. The number of para-hydroxylation sites is 1. The van der Waals surface area contributed by atoms with Gasteiger partial charge in [-0.05, 0) is 47.9 Å². The van der Waals surface area contributed by atoms with E-state index in [4.69, 9.17) is 4.42 Å².